The van der Waals surface area contributed by atoms with Gasteiger partial charge in [-0.05, 0) is 5.31 Å². The number of rotatable bonds is 2. The molecule has 0 saturated carbocycles. The quantitative estimate of drug-likeness (QED) is 0.482. The molecule has 0 aromatic carbocycles. The van der Waals surface area contributed by atoms with Crippen LogP contribution in [0.5, 0.6) is 0 Å². The smallest absolute Gasteiger partial charge is 0.130 e. The number of carbonyl (C=O) groups excluding carboxylic acids is 1. The van der Waals surface area contributed by atoms with Gasteiger partial charge in [-0.1, -0.05) is 20.8 Å². The van der Waals surface area contributed by atoms with Gasteiger partial charge in [-0.2, -0.15) is 0 Å². The van der Waals surface area contributed by atoms with Crippen molar-refractivity contribution in [3.05, 3.63) is 0 Å². The molecule has 0 unspecified atom stereocenters. The van der Waals surface area contributed by atoms with Crippen molar-refractivity contribution in [1.82, 2.24) is 0 Å². The molecule has 0 atom stereocenters. The van der Waals surface area contributed by atoms with Crippen LogP contribution in [0.1, 0.15) is 27.2 Å². The summed E-state index contributed by atoms with van der Waals surface area (Å²) in [4.78, 5) is 10.8. The molecule has 1 nitrogen and oxygen atoms in total. The second-order valence-electron chi connectivity index (χ2n) is 3.03. The Labute approximate surface area is 51.9 Å². The van der Waals surface area contributed by atoms with Gasteiger partial charge in [-0.25, -0.2) is 0 Å². The average Bonchev–Trinajstić information content (AvgIpc) is 1.62. The summed E-state index contributed by atoms with van der Waals surface area (Å²) in [6, 6.07) is 0. The second kappa shape index (κ2) is 2.34. The molecule has 0 aromatic heterocycles. The molecule has 0 aliphatic carbocycles. The summed E-state index contributed by atoms with van der Waals surface area (Å²) in [7, 11) is 1.94. The highest BCUT2D eigenvalue weighted by atomic mass is 16.1. The van der Waals surface area contributed by atoms with Gasteiger partial charge < -0.3 is 0 Å². The van der Waals surface area contributed by atoms with Crippen LogP contribution in [-0.2, 0) is 4.79 Å². The molecule has 0 rings (SSSR count). The van der Waals surface area contributed by atoms with Crippen LogP contribution in [0, 0.1) is 0 Å². The fraction of sp³-hybridized carbons (Fsp3) is 0.833. The lowest BCUT2D eigenvalue weighted by atomic mass is 9.69. The predicted octanol–water partition coefficient (Wildman–Crippen LogP) is 0.797. The van der Waals surface area contributed by atoms with Crippen LogP contribution in [0.25, 0.3) is 0 Å². The minimum absolute atomic E-state index is 0.130. The second-order valence-corrected chi connectivity index (χ2v) is 3.03. The van der Waals surface area contributed by atoms with Crippen LogP contribution in [0.15, 0.2) is 0 Å². The summed E-state index contributed by atoms with van der Waals surface area (Å²) in [5.41, 5.74) is 0. The number of Topliss-reactive ketones (excluding diaryl/α,β-unsaturated/α-hetero) is 1. The molecule has 0 aliphatic heterocycles. The molecule has 0 radical (unpaired) electrons. The van der Waals surface area contributed by atoms with E-state index < -0.39 is 0 Å². The molecule has 2 heteroatoms. The van der Waals surface area contributed by atoms with E-state index in [-0.39, 0.29) is 5.31 Å². The topological polar surface area (TPSA) is 17.1 Å². The third-order valence-electron chi connectivity index (χ3n) is 1.16. The van der Waals surface area contributed by atoms with Gasteiger partial charge in [-0.3, -0.25) is 4.79 Å². The van der Waals surface area contributed by atoms with Crippen molar-refractivity contribution in [2.45, 2.75) is 32.5 Å². The van der Waals surface area contributed by atoms with E-state index in [2.05, 4.69) is 0 Å². The Balaban J connectivity index is 3.82. The van der Waals surface area contributed by atoms with E-state index in [1.54, 1.807) is 0 Å². The fourth-order valence-electron chi connectivity index (χ4n) is 0.530. The molecule has 0 bridgehead atoms. The van der Waals surface area contributed by atoms with Gasteiger partial charge in [0.05, 0.1) is 0 Å². The minimum atomic E-state index is -0.130. The van der Waals surface area contributed by atoms with E-state index >= 15 is 0 Å². The van der Waals surface area contributed by atoms with Gasteiger partial charge in [0.15, 0.2) is 0 Å². The number of hydrogen-bond donors (Lipinski definition) is 0. The fourth-order valence-corrected chi connectivity index (χ4v) is 0.530. The van der Waals surface area contributed by atoms with E-state index in [1.807, 2.05) is 28.6 Å². The van der Waals surface area contributed by atoms with Crippen LogP contribution in [0.4, 0.5) is 0 Å². The number of hydrogen-bond acceptors (Lipinski definition) is 1. The van der Waals surface area contributed by atoms with Crippen LogP contribution in [0.2, 0.25) is 5.31 Å². The predicted molar refractivity (Wildman–Crippen MR) is 37.9 cm³/mol. The zero-order chi connectivity index (χ0) is 6.78. The van der Waals surface area contributed by atoms with E-state index in [4.69, 9.17) is 0 Å². The van der Waals surface area contributed by atoms with Crippen LogP contribution in [0.3, 0.4) is 0 Å². The van der Waals surface area contributed by atoms with Crippen molar-refractivity contribution in [2.75, 3.05) is 0 Å². The van der Waals surface area contributed by atoms with E-state index in [9.17, 15) is 4.79 Å². The summed E-state index contributed by atoms with van der Waals surface area (Å²) in [5.74, 6) is 0.331. The third-order valence-corrected chi connectivity index (χ3v) is 1.16. The first-order valence-electron chi connectivity index (χ1n) is 3.01. The van der Waals surface area contributed by atoms with Crippen LogP contribution >= 0.6 is 0 Å². The van der Waals surface area contributed by atoms with Crippen molar-refractivity contribution < 1.29 is 4.79 Å². The van der Waals surface area contributed by atoms with E-state index in [0.717, 1.165) is 0 Å². The highest BCUT2D eigenvalue weighted by Gasteiger charge is 2.17. The average molecular weight is 112 g/mol. The Kier molecular flexibility index (Phi) is 2.26. The molecule has 0 heterocycles. The maximum Gasteiger partial charge on any atom is 0.130 e. The van der Waals surface area contributed by atoms with E-state index in [0.29, 0.717) is 12.2 Å². The monoisotopic (exact) mass is 112 g/mol. The molecule has 8 heavy (non-hydrogen) atoms. The van der Waals surface area contributed by atoms with Gasteiger partial charge in [0, 0.05) is 6.42 Å². The lowest BCUT2D eigenvalue weighted by molar-refractivity contribution is -0.120. The van der Waals surface area contributed by atoms with Gasteiger partial charge in [0.25, 0.3) is 0 Å². The molecule has 0 amide bonds. The normalized spacial score (nSPS) is 11.4. The number of carbonyl (C=O) groups is 1. The maximum atomic E-state index is 10.8. The van der Waals surface area contributed by atoms with E-state index in [1.165, 1.54) is 0 Å². The Morgan fingerprint density at radius 3 is 2.00 bits per heavy atom. The molecule has 0 N–H and O–H groups in total. The van der Waals surface area contributed by atoms with Crippen molar-refractivity contribution in [2.24, 2.45) is 0 Å². The zero-order valence-corrected chi connectivity index (χ0v) is 6.12. The zero-order valence-electron chi connectivity index (χ0n) is 6.12. The van der Waals surface area contributed by atoms with Gasteiger partial charge in [0.1, 0.15) is 13.6 Å². The van der Waals surface area contributed by atoms with Crippen LogP contribution < -0.4 is 0 Å². The Hall–Kier alpha value is -0.265. The van der Waals surface area contributed by atoms with Crippen LogP contribution in [-0.4, -0.2) is 13.6 Å². The lowest BCUT2D eigenvalue weighted by Crippen LogP contribution is -2.15. The molecule has 0 saturated heterocycles. The molecular formula is C6H13BO. The summed E-state index contributed by atoms with van der Waals surface area (Å²) < 4.78 is 0. The lowest BCUT2D eigenvalue weighted by Gasteiger charge is -2.13. The Bertz CT molecular complexity index is 91.2. The molecule has 0 aliphatic rings. The first-order chi connectivity index (χ1) is 3.48. The molecule has 0 fully saturated rings. The highest BCUT2D eigenvalue weighted by molar-refractivity contribution is 6.27. The van der Waals surface area contributed by atoms with Gasteiger partial charge >= 0.3 is 0 Å². The summed E-state index contributed by atoms with van der Waals surface area (Å²) in [6.45, 7) is 5.78. The minimum Gasteiger partial charge on any atom is -0.300 e. The van der Waals surface area contributed by atoms with Gasteiger partial charge in [-0.15, -0.1) is 0 Å². The van der Waals surface area contributed by atoms with Crippen molar-refractivity contribution in [3.63, 3.8) is 0 Å². The summed E-state index contributed by atoms with van der Waals surface area (Å²) >= 11 is 0. The number of ketones is 1. The summed E-state index contributed by atoms with van der Waals surface area (Å²) in [5, 5.41) is -0.130. The molecular weight excluding hydrogens is 98.9 g/mol. The Morgan fingerprint density at radius 2 is 2.00 bits per heavy atom. The third kappa shape index (κ3) is 2.15. The maximum absolute atomic E-state index is 10.8. The van der Waals surface area contributed by atoms with Crippen molar-refractivity contribution in [1.29, 1.82) is 0 Å². The van der Waals surface area contributed by atoms with Crippen molar-refractivity contribution >= 4 is 13.6 Å². The standard InChI is InChI=1S/C6H13BO/c1-4-5(8)6(2,3)7/h4,7H2,1-3H3. The Morgan fingerprint density at radius 1 is 1.62 bits per heavy atom. The summed E-state index contributed by atoms with van der Waals surface area (Å²) in [6.07, 6.45) is 0.656. The molecule has 0 spiro atoms. The largest absolute Gasteiger partial charge is 0.300 e. The van der Waals surface area contributed by atoms with Gasteiger partial charge in [0.2, 0.25) is 0 Å². The molecule has 0 aromatic rings. The van der Waals surface area contributed by atoms with Crippen molar-refractivity contribution in [3.8, 4) is 0 Å². The first kappa shape index (κ1) is 7.73. The molecule has 46 valence electrons. The highest BCUT2D eigenvalue weighted by Crippen LogP contribution is 2.20. The SMILES string of the molecule is BC(C)(C)C(=O)CC. The first-order valence-corrected chi connectivity index (χ1v) is 3.01.